The lowest BCUT2D eigenvalue weighted by molar-refractivity contribution is -0.157. The number of aliphatic hydroxyl groups is 1. The zero-order chi connectivity index (χ0) is 15.4. The Kier molecular flexibility index (Phi) is 11.1. The van der Waals surface area contributed by atoms with Gasteiger partial charge in [-0.25, -0.2) is 4.79 Å². The molecule has 0 aliphatic rings. The van der Waals surface area contributed by atoms with Crippen LogP contribution in [0.2, 0.25) is 0 Å². The zero-order valence-electron chi connectivity index (χ0n) is 12.9. The molecule has 0 radical (unpaired) electrons. The lowest BCUT2D eigenvalue weighted by Crippen LogP contribution is -2.30. The summed E-state index contributed by atoms with van der Waals surface area (Å²) in [5.41, 5.74) is 0. The Morgan fingerprint density at radius 2 is 1.60 bits per heavy atom. The Bertz CT molecular complexity index is 277. The number of rotatable bonds is 11. The molecule has 1 N–H and O–H groups in total. The third kappa shape index (κ3) is 8.91. The molecule has 20 heavy (non-hydrogen) atoms. The van der Waals surface area contributed by atoms with Crippen LogP contribution in [-0.4, -0.2) is 36.4 Å². The maximum Gasteiger partial charge on any atom is 0.335 e. The first-order valence-corrected chi connectivity index (χ1v) is 7.53. The van der Waals surface area contributed by atoms with Crippen LogP contribution in [0.15, 0.2) is 0 Å². The highest BCUT2D eigenvalue weighted by molar-refractivity contribution is 5.75. The largest absolute Gasteiger partial charge is 0.466 e. The first kappa shape index (κ1) is 18.9. The molecule has 0 aromatic rings. The third-order valence-electron chi connectivity index (χ3n) is 3.09. The van der Waals surface area contributed by atoms with E-state index in [4.69, 9.17) is 9.47 Å². The molecule has 118 valence electrons. The number of hydrogen-bond acceptors (Lipinski definition) is 5. The summed E-state index contributed by atoms with van der Waals surface area (Å²) in [5, 5.41) is 9.79. The third-order valence-corrected chi connectivity index (χ3v) is 3.09. The van der Waals surface area contributed by atoms with Crippen LogP contribution in [0.1, 0.15) is 59.3 Å². The molecule has 0 aromatic carbocycles. The number of ether oxygens (including phenoxy) is 2. The molecule has 0 saturated carbocycles. The first-order valence-electron chi connectivity index (χ1n) is 7.53. The Labute approximate surface area is 121 Å². The van der Waals surface area contributed by atoms with Gasteiger partial charge in [0.25, 0.3) is 0 Å². The second kappa shape index (κ2) is 11.7. The van der Waals surface area contributed by atoms with Gasteiger partial charge in [-0.3, -0.25) is 4.79 Å². The second-order valence-electron chi connectivity index (χ2n) is 5.06. The molecule has 0 aliphatic heterocycles. The Morgan fingerprint density at radius 1 is 1.05 bits per heavy atom. The predicted molar refractivity (Wildman–Crippen MR) is 76.1 cm³/mol. The monoisotopic (exact) mass is 288 g/mol. The minimum atomic E-state index is -1.17. The van der Waals surface area contributed by atoms with Crippen molar-refractivity contribution >= 4 is 11.9 Å². The van der Waals surface area contributed by atoms with E-state index in [9.17, 15) is 14.7 Å². The summed E-state index contributed by atoms with van der Waals surface area (Å²) < 4.78 is 9.96. The highest BCUT2D eigenvalue weighted by Crippen LogP contribution is 2.13. The van der Waals surface area contributed by atoms with E-state index in [1.165, 1.54) is 0 Å². The SMILES string of the molecule is CCCCOC(=O)CCC(C)[C@@H](O)C(=O)OCCCC. The molecule has 0 aromatic heterocycles. The van der Waals surface area contributed by atoms with Crippen LogP contribution in [0, 0.1) is 5.92 Å². The van der Waals surface area contributed by atoms with Gasteiger partial charge in [-0.2, -0.15) is 0 Å². The first-order chi connectivity index (χ1) is 9.52. The molecule has 0 rings (SSSR count). The van der Waals surface area contributed by atoms with Gasteiger partial charge >= 0.3 is 11.9 Å². The average Bonchev–Trinajstić information content (AvgIpc) is 2.44. The molecule has 0 spiro atoms. The van der Waals surface area contributed by atoms with E-state index in [1.54, 1.807) is 6.92 Å². The van der Waals surface area contributed by atoms with Crippen molar-refractivity contribution < 1.29 is 24.2 Å². The maximum atomic E-state index is 11.5. The minimum absolute atomic E-state index is 0.212. The molecule has 0 amide bonds. The topological polar surface area (TPSA) is 72.8 Å². The fourth-order valence-electron chi connectivity index (χ4n) is 1.54. The summed E-state index contributed by atoms with van der Waals surface area (Å²) in [5.74, 6) is -1.20. The zero-order valence-corrected chi connectivity index (χ0v) is 12.9. The summed E-state index contributed by atoms with van der Waals surface area (Å²) in [4.78, 5) is 22.9. The molecule has 5 nitrogen and oxygen atoms in total. The summed E-state index contributed by atoms with van der Waals surface area (Å²) in [6, 6.07) is 0. The van der Waals surface area contributed by atoms with Gasteiger partial charge in [0.05, 0.1) is 13.2 Å². The Hall–Kier alpha value is -1.10. The van der Waals surface area contributed by atoms with Gasteiger partial charge < -0.3 is 14.6 Å². The molecule has 1 unspecified atom stereocenters. The lowest BCUT2D eigenvalue weighted by Gasteiger charge is -2.17. The summed E-state index contributed by atoms with van der Waals surface area (Å²) >= 11 is 0. The van der Waals surface area contributed by atoms with E-state index in [0.29, 0.717) is 19.6 Å². The number of unbranched alkanes of at least 4 members (excludes halogenated alkanes) is 2. The quantitative estimate of drug-likeness (QED) is 0.467. The van der Waals surface area contributed by atoms with Gasteiger partial charge in [-0.15, -0.1) is 0 Å². The van der Waals surface area contributed by atoms with Gasteiger partial charge in [0.1, 0.15) is 0 Å². The maximum absolute atomic E-state index is 11.5. The van der Waals surface area contributed by atoms with E-state index in [-0.39, 0.29) is 18.3 Å². The van der Waals surface area contributed by atoms with Crippen LogP contribution in [0.3, 0.4) is 0 Å². The van der Waals surface area contributed by atoms with Crippen molar-refractivity contribution in [2.75, 3.05) is 13.2 Å². The molecule has 2 atom stereocenters. The number of carbonyl (C=O) groups excluding carboxylic acids is 2. The van der Waals surface area contributed by atoms with Gasteiger partial charge in [0, 0.05) is 6.42 Å². The summed E-state index contributed by atoms with van der Waals surface area (Å²) in [6.07, 6.45) is 3.01. The van der Waals surface area contributed by atoms with Crippen LogP contribution < -0.4 is 0 Å². The van der Waals surface area contributed by atoms with Crippen LogP contribution in [0.4, 0.5) is 0 Å². The highest BCUT2D eigenvalue weighted by atomic mass is 16.5. The average molecular weight is 288 g/mol. The predicted octanol–water partition coefficient (Wildman–Crippen LogP) is 2.45. The van der Waals surface area contributed by atoms with Gasteiger partial charge in [-0.1, -0.05) is 33.6 Å². The molecule has 0 bridgehead atoms. The van der Waals surface area contributed by atoms with Crippen molar-refractivity contribution in [3.63, 3.8) is 0 Å². The van der Waals surface area contributed by atoms with Gasteiger partial charge in [0.2, 0.25) is 0 Å². The standard InChI is InChI=1S/C15H28O5/c1-4-6-10-19-13(16)9-8-12(3)14(17)15(18)20-11-7-5-2/h12,14,17H,4-11H2,1-3H3/t12?,14-/m1/s1. The van der Waals surface area contributed by atoms with Crippen LogP contribution in [0.5, 0.6) is 0 Å². The van der Waals surface area contributed by atoms with E-state index >= 15 is 0 Å². The normalized spacial score (nSPS) is 13.6. The molecule has 5 heteroatoms. The van der Waals surface area contributed by atoms with Crippen LogP contribution in [-0.2, 0) is 19.1 Å². The van der Waals surface area contributed by atoms with Gasteiger partial charge in [-0.05, 0) is 25.2 Å². The fourth-order valence-corrected chi connectivity index (χ4v) is 1.54. The van der Waals surface area contributed by atoms with Gasteiger partial charge in [0.15, 0.2) is 6.10 Å². The van der Waals surface area contributed by atoms with Crippen LogP contribution >= 0.6 is 0 Å². The number of aliphatic hydroxyl groups excluding tert-OH is 1. The van der Waals surface area contributed by atoms with Crippen molar-refractivity contribution in [1.29, 1.82) is 0 Å². The molecule has 0 aliphatic carbocycles. The van der Waals surface area contributed by atoms with Crippen molar-refractivity contribution in [1.82, 2.24) is 0 Å². The summed E-state index contributed by atoms with van der Waals surface area (Å²) in [7, 11) is 0. The van der Waals surface area contributed by atoms with E-state index < -0.39 is 12.1 Å². The molecule has 0 heterocycles. The Morgan fingerprint density at radius 3 is 2.15 bits per heavy atom. The van der Waals surface area contributed by atoms with Crippen LogP contribution in [0.25, 0.3) is 0 Å². The number of hydrogen-bond donors (Lipinski definition) is 1. The van der Waals surface area contributed by atoms with E-state index in [0.717, 1.165) is 25.7 Å². The second-order valence-corrected chi connectivity index (χ2v) is 5.06. The van der Waals surface area contributed by atoms with Crippen molar-refractivity contribution in [2.24, 2.45) is 5.92 Å². The lowest BCUT2D eigenvalue weighted by atomic mass is 9.99. The number of carbonyl (C=O) groups is 2. The van der Waals surface area contributed by atoms with E-state index in [1.807, 2.05) is 13.8 Å². The van der Waals surface area contributed by atoms with Crippen molar-refractivity contribution in [3.05, 3.63) is 0 Å². The van der Waals surface area contributed by atoms with E-state index in [2.05, 4.69) is 0 Å². The minimum Gasteiger partial charge on any atom is -0.466 e. The number of esters is 2. The molecule has 0 fully saturated rings. The molecule has 0 saturated heterocycles. The molecular weight excluding hydrogens is 260 g/mol. The summed E-state index contributed by atoms with van der Waals surface area (Å²) in [6.45, 7) is 6.52. The van der Waals surface area contributed by atoms with Crippen molar-refractivity contribution in [3.8, 4) is 0 Å². The molecular formula is C15H28O5. The Balaban J connectivity index is 3.85. The van der Waals surface area contributed by atoms with Crippen molar-refractivity contribution in [2.45, 2.75) is 65.4 Å². The smallest absolute Gasteiger partial charge is 0.335 e. The fraction of sp³-hybridized carbons (Fsp3) is 0.867. The highest BCUT2D eigenvalue weighted by Gasteiger charge is 2.24.